The first kappa shape index (κ1) is 10.8. The van der Waals surface area contributed by atoms with Gasteiger partial charge in [0, 0.05) is 23.3 Å². The average Bonchev–Trinajstić information content (AvgIpc) is 2.80. The number of aromatic nitrogens is 2. The molecule has 0 spiro atoms. The van der Waals surface area contributed by atoms with Crippen LogP contribution in [0, 0.1) is 6.92 Å². The molecule has 1 saturated carbocycles. The lowest BCUT2D eigenvalue weighted by Gasteiger charge is -2.01. The van der Waals surface area contributed by atoms with E-state index in [2.05, 4.69) is 14.3 Å². The molecule has 15 heavy (non-hydrogen) atoms. The first-order valence-electron chi connectivity index (χ1n) is 4.69. The van der Waals surface area contributed by atoms with E-state index in [-0.39, 0.29) is 10.5 Å². The molecule has 0 N–H and O–H groups in total. The van der Waals surface area contributed by atoms with Crippen molar-refractivity contribution in [3.05, 3.63) is 17.0 Å². The number of hydrogen-bond acceptors (Lipinski definition) is 4. The van der Waals surface area contributed by atoms with Crippen LogP contribution in [-0.4, -0.2) is 25.7 Å². The zero-order valence-electron chi connectivity index (χ0n) is 8.61. The molecule has 0 radical (unpaired) electrons. The van der Waals surface area contributed by atoms with E-state index in [0.29, 0.717) is 5.82 Å². The molecule has 2 rings (SSSR count). The van der Waals surface area contributed by atoms with Crippen LogP contribution < -0.4 is 0 Å². The third kappa shape index (κ3) is 2.66. The molecule has 0 aromatic carbocycles. The second kappa shape index (κ2) is 3.72. The summed E-state index contributed by atoms with van der Waals surface area (Å²) in [7, 11) is -2.15. The van der Waals surface area contributed by atoms with Crippen molar-refractivity contribution in [2.24, 2.45) is 4.36 Å². The van der Waals surface area contributed by atoms with Gasteiger partial charge in [0.05, 0.1) is 9.73 Å². The number of hydrogen-bond donors (Lipinski definition) is 0. The van der Waals surface area contributed by atoms with Crippen molar-refractivity contribution in [1.82, 2.24) is 9.97 Å². The number of rotatable bonds is 2. The lowest BCUT2D eigenvalue weighted by Crippen LogP contribution is -2.02. The maximum absolute atomic E-state index is 12.1. The predicted octanol–water partition coefficient (Wildman–Crippen LogP) is 2.33. The summed E-state index contributed by atoms with van der Waals surface area (Å²) < 4.78 is 16.2. The topological polar surface area (TPSA) is 55.2 Å². The molecule has 1 aromatic rings. The standard InChI is InChI=1S/C9H12ClN3OS/c1-6-5-8(12-9(10)11-6)13-15(2,14)7-3-4-7/h5,7H,3-4H2,1-2H3/t15-/m1/s1. The van der Waals surface area contributed by atoms with Crippen LogP contribution in [0.3, 0.4) is 0 Å². The van der Waals surface area contributed by atoms with E-state index in [1.165, 1.54) is 0 Å². The van der Waals surface area contributed by atoms with Crippen LogP contribution in [0.5, 0.6) is 0 Å². The molecule has 6 heteroatoms. The fourth-order valence-corrected chi connectivity index (χ4v) is 3.17. The molecule has 4 nitrogen and oxygen atoms in total. The molecule has 0 unspecified atom stereocenters. The number of aryl methyl sites for hydroxylation is 1. The molecule has 1 aliphatic carbocycles. The molecule has 1 fully saturated rings. The third-order valence-electron chi connectivity index (χ3n) is 2.23. The van der Waals surface area contributed by atoms with Crippen molar-refractivity contribution in [3.63, 3.8) is 0 Å². The van der Waals surface area contributed by atoms with E-state index in [1.807, 2.05) is 0 Å². The molecule has 0 amide bonds. The lowest BCUT2D eigenvalue weighted by atomic mass is 10.4. The van der Waals surface area contributed by atoms with Gasteiger partial charge in [-0.2, -0.15) is 9.35 Å². The van der Waals surface area contributed by atoms with Gasteiger partial charge in [0.2, 0.25) is 5.28 Å². The lowest BCUT2D eigenvalue weighted by molar-refractivity contribution is 0.680. The Morgan fingerprint density at radius 2 is 2.20 bits per heavy atom. The van der Waals surface area contributed by atoms with Crippen LogP contribution in [0.25, 0.3) is 0 Å². The molecule has 1 atom stereocenters. The molecule has 0 aliphatic heterocycles. The highest BCUT2D eigenvalue weighted by molar-refractivity contribution is 7.93. The molecule has 1 heterocycles. The van der Waals surface area contributed by atoms with Gasteiger partial charge in [0.15, 0.2) is 5.82 Å². The minimum absolute atomic E-state index is 0.153. The monoisotopic (exact) mass is 245 g/mol. The van der Waals surface area contributed by atoms with Crippen LogP contribution in [0.2, 0.25) is 5.28 Å². The Labute approximate surface area is 94.3 Å². The minimum Gasteiger partial charge on any atom is -0.249 e. The zero-order valence-corrected chi connectivity index (χ0v) is 10.2. The highest BCUT2D eigenvalue weighted by Crippen LogP contribution is 2.31. The second-order valence-corrected chi connectivity index (χ2v) is 6.70. The summed E-state index contributed by atoms with van der Waals surface area (Å²) in [5.41, 5.74) is 0.736. The first-order valence-corrected chi connectivity index (χ1v) is 7.06. The Morgan fingerprint density at radius 3 is 2.73 bits per heavy atom. The molecule has 0 bridgehead atoms. The molecule has 0 saturated heterocycles. The fraction of sp³-hybridized carbons (Fsp3) is 0.556. The van der Waals surface area contributed by atoms with Gasteiger partial charge >= 0.3 is 0 Å². The molecular formula is C9H12ClN3OS. The van der Waals surface area contributed by atoms with Crippen molar-refractivity contribution in [1.29, 1.82) is 0 Å². The van der Waals surface area contributed by atoms with Gasteiger partial charge in [-0.25, -0.2) is 9.19 Å². The highest BCUT2D eigenvalue weighted by Gasteiger charge is 2.30. The van der Waals surface area contributed by atoms with Gasteiger partial charge in [0.1, 0.15) is 0 Å². The summed E-state index contributed by atoms with van der Waals surface area (Å²) in [6, 6.07) is 1.69. The van der Waals surface area contributed by atoms with Gasteiger partial charge in [-0.15, -0.1) is 0 Å². The van der Waals surface area contributed by atoms with Crippen LogP contribution in [-0.2, 0) is 9.73 Å². The Balaban J connectivity index is 2.42. The van der Waals surface area contributed by atoms with Crippen molar-refractivity contribution >= 4 is 27.1 Å². The van der Waals surface area contributed by atoms with E-state index in [4.69, 9.17) is 11.6 Å². The van der Waals surface area contributed by atoms with Crippen molar-refractivity contribution < 1.29 is 4.21 Å². The Kier molecular flexibility index (Phi) is 2.68. The Hall–Kier alpha value is -0.680. The zero-order chi connectivity index (χ0) is 11.1. The largest absolute Gasteiger partial charge is 0.249 e. The van der Waals surface area contributed by atoms with Gasteiger partial charge in [-0.05, 0) is 31.4 Å². The van der Waals surface area contributed by atoms with E-state index in [9.17, 15) is 4.21 Å². The van der Waals surface area contributed by atoms with Gasteiger partial charge in [0.25, 0.3) is 0 Å². The van der Waals surface area contributed by atoms with E-state index >= 15 is 0 Å². The maximum atomic E-state index is 12.1. The third-order valence-corrected chi connectivity index (χ3v) is 4.66. The van der Waals surface area contributed by atoms with Crippen molar-refractivity contribution in [2.45, 2.75) is 25.0 Å². The fourth-order valence-electron chi connectivity index (χ4n) is 1.33. The molecule has 1 aromatic heterocycles. The normalized spacial score (nSPS) is 19.7. The van der Waals surface area contributed by atoms with Crippen molar-refractivity contribution in [3.8, 4) is 0 Å². The summed E-state index contributed by atoms with van der Waals surface area (Å²) in [5.74, 6) is 0.423. The molecule has 1 aliphatic rings. The van der Waals surface area contributed by atoms with Crippen molar-refractivity contribution in [2.75, 3.05) is 6.26 Å². The quantitative estimate of drug-likeness (QED) is 0.752. The van der Waals surface area contributed by atoms with Crippen LogP contribution in [0.4, 0.5) is 5.82 Å². The van der Waals surface area contributed by atoms with Crippen LogP contribution in [0.1, 0.15) is 18.5 Å². The van der Waals surface area contributed by atoms with Gasteiger partial charge < -0.3 is 0 Å². The Bertz CT molecular complexity index is 484. The van der Waals surface area contributed by atoms with Crippen LogP contribution in [0.15, 0.2) is 10.4 Å². The first-order chi connectivity index (χ1) is 6.97. The van der Waals surface area contributed by atoms with E-state index < -0.39 is 9.73 Å². The minimum atomic E-state index is -2.15. The summed E-state index contributed by atoms with van der Waals surface area (Å²) in [6.45, 7) is 1.81. The second-order valence-electron chi connectivity index (χ2n) is 3.79. The average molecular weight is 246 g/mol. The highest BCUT2D eigenvalue weighted by atomic mass is 35.5. The maximum Gasteiger partial charge on any atom is 0.224 e. The molecule has 82 valence electrons. The number of halogens is 1. The summed E-state index contributed by atoms with van der Waals surface area (Å²) in [6.07, 6.45) is 3.67. The number of nitrogens with zero attached hydrogens (tertiary/aromatic N) is 3. The van der Waals surface area contributed by atoms with E-state index in [0.717, 1.165) is 18.5 Å². The van der Waals surface area contributed by atoms with Gasteiger partial charge in [-0.3, -0.25) is 0 Å². The summed E-state index contributed by atoms with van der Waals surface area (Å²) >= 11 is 5.70. The van der Waals surface area contributed by atoms with E-state index in [1.54, 1.807) is 19.2 Å². The summed E-state index contributed by atoms with van der Waals surface area (Å²) in [5, 5.41) is 0.381. The Morgan fingerprint density at radius 1 is 1.53 bits per heavy atom. The smallest absolute Gasteiger partial charge is 0.224 e. The predicted molar refractivity (Wildman–Crippen MR) is 61.0 cm³/mol. The van der Waals surface area contributed by atoms with Gasteiger partial charge in [-0.1, -0.05) is 0 Å². The summed E-state index contributed by atoms with van der Waals surface area (Å²) in [4.78, 5) is 7.86. The molecular weight excluding hydrogens is 234 g/mol. The van der Waals surface area contributed by atoms with Crippen LogP contribution >= 0.6 is 11.6 Å². The SMILES string of the molecule is Cc1cc(N=[S@](C)(=O)C2CC2)nc(Cl)n1.